The van der Waals surface area contributed by atoms with E-state index in [0.717, 1.165) is 0 Å². The van der Waals surface area contributed by atoms with Gasteiger partial charge in [0.2, 0.25) is 9.84 Å². The highest BCUT2D eigenvalue weighted by atomic mass is 32.2. The van der Waals surface area contributed by atoms with Gasteiger partial charge in [-0.15, -0.1) is 11.5 Å². The van der Waals surface area contributed by atoms with Crippen LogP contribution in [0.4, 0.5) is 0 Å². The van der Waals surface area contributed by atoms with Crippen molar-refractivity contribution in [2.75, 3.05) is 0 Å². The average molecular weight is 246 g/mol. The van der Waals surface area contributed by atoms with Crippen LogP contribution in [0.25, 0.3) is 0 Å². The Morgan fingerprint density at radius 1 is 1.24 bits per heavy atom. The van der Waals surface area contributed by atoms with Gasteiger partial charge < -0.3 is 0 Å². The van der Waals surface area contributed by atoms with Gasteiger partial charge in [0.05, 0.1) is 9.80 Å². The molecule has 0 saturated heterocycles. The quantitative estimate of drug-likeness (QED) is 0.747. The highest BCUT2D eigenvalue weighted by Gasteiger charge is 2.18. The molecular weight excluding hydrogens is 232 g/mol. The van der Waals surface area contributed by atoms with Crippen LogP contribution in [0, 0.1) is 0 Å². The third-order valence-corrected chi connectivity index (χ3v) is 4.13. The van der Waals surface area contributed by atoms with Gasteiger partial charge in [0, 0.05) is 0 Å². The van der Waals surface area contributed by atoms with Gasteiger partial charge >= 0.3 is 0 Å². The lowest BCUT2D eigenvalue weighted by molar-refractivity contribution is 0.600. The minimum absolute atomic E-state index is 0.204. The van der Waals surface area contributed by atoms with E-state index in [9.17, 15) is 8.42 Å². The fourth-order valence-electron chi connectivity index (χ4n) is 1.36. The molecule has 0 radical (unpaired) electrons. The van der Waals surface area contributed by atoms with Crippen LogP contribution in [0.2, 0.25) is 0 Å². The van der Waals surface area contributed by atoms with Gasteiger partial charge in [-0.1, -0.05) is 31.4 Å². The fraction of sp³-hybridized carbons (Fsp3) is 0.143. The molecule has 2 nitrogen and oxygen atoms in total. The van der Waals surface area contributed by atoms with Crippen LogP contribution >= 0.6 is 0 Å². The molecule has 0 N–H and O–H groups in total. The molecule has 0 aliphatic rings. The Balaban J connectivity index is 3.05. The average Bonchev–Trinajstić information content (AvgIpc) is 2.35. The summed E-state index contributed by atoms with van der Waals surface area (Å²) in [6, 6.07) is 8.29. The molecule has 0 heterocycles. The molecule has 1 aromatic rings. The Labute approximate surface area is 102 Å². The maximum Gasteiger partial charge on any atom is 0.210 e. The zero-order chi connectivity index (χ0) is 12.7. The van der Waals surface area contributed by atoms with Crippen LogP contribution in [0.5, 0.6) is 0 Å². The summed E-state index contributed by atoms with van der Waals surface area (Å²) in [5, 5.41) is 0. The van der Waals surface area contributed by atoms with Crippen molar-refractivity contribution in [3.8, 4) is 0 Å². The molecule has 0 aliphatic carbocycles. The van der Waals surface area contributed by atoms with E-state index in [4.69, 9.17) is 0 Å². The summed E-state index contributed by atoms with van der Waals surface area (Å²) in [7, 11) is -3.46. The maximum absolute atomic E-state index is 12.2. The normalized spacial score (nSPS) is 10.1. The first kappa shape index (κ1) is 13.3. The zero-order valence-corrected chi connectivity index (χ0v) is 10.3. The largest absolute Gasteiger partial charge is 0.218 e. The van der Waals surface area contributed by atoms with Crippen LogP contribution in [0.3, 0.4) is 0 Å². The van der Waals surface area contributed by atoms with E-state index >= 15 is 0 Å². The SMILES string of the molecule is C=C=CCCC(=C=C)S(=O)(=O)c1ccccc1. The van der Waals surface area contributed by atoms with Gasteiger partial charge in [0.1, 0.15) is 0 Å². The molecule has 0 atom stereocenters. The summed E-state index contributed by atoms with van der Waals surface area (Å²) in [5.41, 5.74) is 5.12. The highest BCUT2D eigenvalue weighted by molar-refractivity contribution is 7.95. The van der Waals surface area contributed by atoms with Crippen molar-refractivity contribution < 1.29 is 8.42 Å². The molecular formula is C14H14O2S. The Morgan fingerprint density at radius 2 is 1.88 bits per heavy atom. The van der Waals surface area contributed by atoms with E-state index in [-0.39, 0.29) is 9.80 Å². The predicted molar refractivity (Wildman–Crippen MR) is 69.2 cm³/mol. The summed E-state index contributed by atoms with van der Waals surface area (Å²) in [6.45, 7) is 6.87. The van der Waals surface area contributed by atoms with Crippen LogP contribution in [0.1, 0.15) is 12.8 Å². The molecule has 17 heavy (non-hydrogen) atoms. The second-order valence-corrected chi connectivity index (χ2v) is 5.33. The maximum atomic E-state index is 12.2. The summed E-state index contributed by atoms with van der Waals surface area (Å²) in [5.74, 6) is 0. The van der Waals surface area contributed by atoms with Crippen LogP contribution < -0.4 is 0 Å². The smallest absolute Gasteiger partial charge is 0.210 e. The van der Waals surface area contributed by atoms with E-state index in [1.165, 1.54) is 0 Å². The van der Waals surface area contributed by atoms with Crippen molar-refractivity contribution in [3.05, 3.63) is 65.9 Å². The van der Waals surface area contributed by atoms with Crippen molar-refractivity contribution in [3.63, 3.8) is 0 Å². The Kier molecular flexibility index (Phi) is 4.74. The van der Waals surface area contributed by atoms with Crippen molar-refractivity contribution in [1.82, 2.24) is 0 Å². The molecule has 1 rings (SSSR count). The van der Waals surface area contributed by atoms with Gasteiger partial charge in [-0.2, -0.15) is 0 Å². The lowest BCUT2D eigenvalue weighted by Crippen LogP contribution is -2.03. The van der Waals surface area contributed by atoms with Crippen molar-refractivity contribution >= 4 is 9.84 Å². The molecule has 0 aliphatic heterocycles. The van der Waals surface area contributed by atoms with E-state index in [2.05, 4.69) is 24.6 Å². The first-order valence-electron chi connectivity index (χ1n) is 5.16. The third-order valence-electron chi connectivity index (χ3n) is 2.24. The molecule has 0 bridgehead atoms. The third kappa shape index (κ3) is 3.33. The van der Waals surface area contributed by atoms with E-state index in [1.807, 2.05) is 0 Å². The lowest BCUT2D eigenvalue weighted by atomic mass is 10.3. The molecule has 88 valence electrons. The van der Waals surface area contributed by atoms with Gasteiger partial charge in [-0.25, -0.2) is 8.42 Å². The molecule has 0 fully saturated rings. The number of hydrogen-bond donors (Lipinski definition) is 0. The van der Waals surface area contributed by atoms with Crippen molar-refractivity contribution in [2.45, 2.75) is 17.7 Å². The predicted octanol–water partition coefficient (Wildman–Crippen LogP) is 3.25. The molecule has 0 saturated carbocycles. The zero-order valence-electron chi connectivity index (χ0n) is 9.52. The second kappa shape index (κ2) is 6.07. The topological polar surface area (TPSA) is 34.1 Å². The molecule has 0 unspecified atom stereocenters. The molecule has 3 heteroatoms. The minimum Gasteiger partial charge on any atom is -0.218 e. The molecule has 0 amide bonds. The van der Waals surface area contributed by atoms with E-state index in [0.29, 0.717) is 12.8 Å². The molecule has 0 spiro atoms. The standard InChI is InChI=1S/C14H14O2S/c1-3-5-7-10-13(4-2)17(15,16)14-11-8-6-9-12-14/h5-6,8-9,11-12H,1-2,7,10H2. The van der Waals surface area contributed by atoms with Gasteiger partial charge in [0.25, 0.3) is 0 Å². The highest BCUT2D eigenvalue weighted by Crippen LogP contribution is 2.21. The van der Waals surface area contributed by atoms with Gasteiger partial charge in [-0.3, -0.25) is 0 Å². The van der Waals surface area contributed by atoms with Crippen LogP contribution in [-0.2, 0) is 9.84 Å². The monoisotopic (exact) mass is 246 g/mol. The minimum atomic E-state index is -3.46. The number of allylic oxidation sites excluding steroid dienone is 2. The first-order chi connectivity index (χ1) is 8.12. The second-order valence-electron chi connectivity index (χ2n) is 3.36. The Bertz CT molecular complexity index is 570. The van der Waals surface area contributed by atoms with E-state index in [1.54, 1.807) is 36.4 Å². The Morgan fingerprint density at radius 3 is 2.41 bits per heavy atom. The van der Waals surface area contributed by atoms with Gasteiger partial charge in [0.15, 0.2) is 0 Å². The van der Waals surface area contributed by atoms with Crippen molar-refractivity contribution in [2.24, 2.45) is 0 Å². The van der Waals surface area contributed by atoms with Gasteiger partial charge in [-0.05, 0) is 31.1 Å². The van der Waals surface area contributed by atoms with Crippen LogP contribution in [0.15, 0.2) is 70.8 Å². The Hall–Kier alpha value is -1.79. The summed E-state index contributed by atoms with van der Waals surface area (Å²) in [4.78, 5) is 0.476. The fourth-order valence-corrected chi connectivity index (χ4v) is 2.74. The number of sulfone groups is 1. The molecule has 1 aromatic carbocycles. The number of hydrogen-bond acceptors (Lipinski definition) is 2. The lowest BCUT2D eigenvalue weighted by Gasteiger charge is -2.05. The molecule has 0 aromatic heterocycles. The number of rotatable bonds is 5. The summed E-state index contributed by atoms with van der Waals surface area (Å²) in [6.07, 6.45) is 2.62. The first-order valence-corrected chi connectivity index (χ1v) is 6.64. The summed E-state index contributed by atoms with van der Waals surface area (Å²) >= 11 is 0. The number of benzene rings is 1. The van der Waals surface area contributed by atoms with Crippen molar-refractivity contribution in [1.29, 1.82) is 0 Å². The summed E-state index contributed by atoms with van der Waals surface area (Å²) < 4.78 is 24.3. The van der Waals surface area contributed by atoms with E-state index < -0.39 is 9.84 Å². The van der Waals surface area contributed by atoms with Crippen LogP contribution in [-0.4, -0.2) is 8.42 Å².